The second kappa shape index (κ2) is 6.19. The first kappa shape index (κ1) is 12.6. The van der Waals surface area contributed by atoms with Gasteiger partial charge in [0.2, 0.25) is 5.91 Å². The lowest BCUT2D eigenvalue weighted by molar-refractivity contribution is -0.113. The molecule has 0 fully saturated rings. The second-order valence-electron chi connectivity index (χ2n) is 2.97. The van der Waals surface area contributed by atoms with Crippen LogP contribution in [0.15, 0.2) is 29.4 Å². The highest BCUT2D eigenvalue weighted by molar-refractivity contribution is 5.92. The van der Waals surface area contributed by atoms with Crippen molar-refractivity contribution < 1.29 is 14.3 Å². The van der Waals surface area contributed by atoms with Gasteiger partial charge in [0.05, 0.1) is 14.2 Å². The summed E-state index contributed by atoms with van der Waals surface area (Å²) in [6.45, 7) is 0. The third-order valence-electron chi connectivity index (χ3n) is 1.99. The number of nitrogens with zero attached hydrogens (tertiary/aromatic N) is 3. The highest BCUT2D eigenvalue weighted by atomic mass is 16.5. The Morgan fingerprint density at radius 3 is 2.76 bits per heavy atom. The quantitative estimate of drug-likeness (QED) is 0.346. The Kier molecular flexibility index (Phi) is 4.59. The van der Waals surface area contributed by atoms with Gasteiger partial charge in [-0.2, -0.15) is 0 Å². The van der Waals surface area contributed by atoms with E-state index in [4.69, 9.17) is 15.0 Å². The van der Waals surface area contributed by atoms with Crippen LogP contribution >= 0.6 is 0 Å². The van der Waals surface area contributed by atoms with Crippen LogP contribution < -0.4 is 9.47 Å². The van der Waals surface area contributed by atoms with Crippen LogP contribution in [-0.2, 0) is 4.79 Å². The molecule has 0 unspecified atom stereocenters. The van der Waals surface area contributed by atoms with E-state index in [1.165, 1.54) is 13.2 Å². The molecule has 1 aromatic rings. The minimum atomic E-state index is -0.669. The van der Waals surface area contributed by atoms with E-state index in [2.05, 4.69) is 10.0 Å². The lowest BCUT2D eigenvalue weighted by Crippen LogP contribution is -1.90. The Hall–Kier alpha value is -2.46. The van der Waals surface area contributed by atoms with Crippen LogP contribution in [0.2, 0.25) is 0 Å². The molecule has 0 aliphatic rings. The first-order valence-electron chi connectivity index (χ1n) is 4.70. The van der Waals surface area contributed by atoms with Gasteiger partial charge in [-0.15, -0.1) is 0 Å². The van der Waals surface area contributed by atoms with Crippen molar-refractivity contribution >= 4 is 12.0 Å². The molecule has 6 heteroatoms. The molecule has 0 radical (unpaired) electrons. The first-order chi connectivity index (χ1) is 8.21. The Balaban J connectivity index is 3.02. The molecule has 0 aliphatic heterocycles. The van der Waals surface area contributed by atoms with E-state index >= 15 is 0 Å². The van der Waals surface area contributed by atoms with Crippen LogP contribution in [0.25, 0.3) is 16.5 Å². The topological polar surface area (TPSA) is 84.3 Å². The number of benzene rings is 1. The summed E-state index contributed by atoms with van der Waals surface area (Å²) in [5, 5.41) is 2.92. The van der Waals surface area contributed by atoms with Crippen molar-refractivity contribution in [1.29, 1.82) is 0 Å². The van der Waals surface area contributed by atoms with Crippen LogP contribution in [0.3, 0.4) is 0 Å². The van der Waals surface area contributed by atoms with Crippen molar-refractivity contribution in [2.75, 3.05) is 14.2 Å². The van der Waals surface area contributed by atoms with E-state index in [9.17, 15) is 4.79 Å². The van der Waals surface area contributed by atoms with Crippen molar-refractivity contribution in [3.05, 3.63) is 40.3 Å². The average molecular weight is 233 g/mol. The lowest BCUT2D eigenvalue weighted by atomic mass is 10.1. The number of amides is 1. The SMILES string of the molecule is COc1ccc(OC)c(C=CC(=O)N=[N+]=[N-])c1. The molecule has 1 amide bonds. The highest BCUT2D eigenvalue weighted by Gasteiger charge is 2.02. The van der Waals surface area contributed by atoms with E-state index in [0.717, 1.165) is 6.08 Å². The Bertz CT molecular complexity index is 491. The molecule has 0 N–H and O–H groups in total. The summed E-state index contributed by atoms with van der Waals surface area (Å²) in [6.07, 6.45) is 2.66. The second-order valence-corrected chi connectivity index (χ2v) is 2.97. The van der Waals surface area contributed by atoms with Crippen molar-refractivity contribution in [2.24, 2.45) is 5.11 Å². The molecule has 17 heavy (non-hydrogen) atoms. The van der Waals surface area contributed by atoms with Crippen LogP contribution in [0.1, 0.15) is 5.56 Å². The van der Waals surface area contributed by atoms with Gasteiger partial charge in [-0.25, -0.2) is 0 Å². The summed E-state index contributed by atoms with van der Waals surface area (Å²) >= 11 is 0. The summed E-state index contributed by atoms with van der Waals surface area (Å²) in [5.74, 6) is 0.565. The smallest absolute Gasteiger partial charge is 0.242 e. The highest BCUT2D eigenvalue weighted by Crippen LogP contribution is 2.24. The Morgan fingerprint density at radius 1 is 1.41 bits per heavy atom. The van der Waals surface area contributed by atoms with Crippen molar-refractivity contribution in [1.82, 2.24) is 0 Å². The molecule has 88 valence electrons. The fourth-order valence-corrected chi connectivity index (χ4v) is 1.21. The first-order valence-corrected chi connectivity index (χ1v) is 4.70. The third-order valence-corrected chi connectivity index (χ3v) is 1.99. The standard InChI is InChI=1S/C11H11N3O3/c1-16-9-4-5-10(17-2)8(7-9)3-6-11(15)13-14-12/h3-7H,1-2H3. The summed E-state index contributed by atoms with van der Waals surface area (Å²) in [4.78, 5) is 13.4. The van der Waals surface area contributed by atoms with E-state index in [1.54, 1.807) is 25.3 Å². The molecule has 0 aromatic heterocycles. The fraction of sp³-hybridized carbons (Fsp3) is 0.182. The van der Waals surface area contributed by atoms with Gasteiger partial charge in [-0.3, -0.25) is 4.79 Å². The molecular weight excluding hydrogens is 222 g/mol. The van der Waals surface area contributed by atoms with Gasteiger partial charge in [0, 0.05) is 10.5 Å². The Morgan fingerprint density at radius 2 is 2.18 bits per heavy atom. The summed E-state index contributed by atoms with van der Waals surface area (Å²) < 4.78 is 10.2. The van der Waals surface area contributed by atoms with Gasteiger partial charge in [-0.05, 0) is 41.0 Å². The lowest BCUT2D eigenvalue weighted by Gasteiger charge is -2.06. The van der Waals surface area contributed by atoms with Crippen LogP contribution in [-0.4, -0.2) is 20.1 Å². The molecule has 0 aliphatic carbocycles. The number of methoxy groups -OCH3 is 2. The molecule has 0 spiro atoms. The van der Waals surface area contributed by atoms with Gasteiger partial charge < -0.3 is 9.47 Å². The maximum Gasteiger partial charge on any atom is 0.242 e. The van der Waals surface area contributed by atoms with Crippen LogP contribution in [0.5, 0.6) is 11.5 Å². The largest absolute Gasteiger partial charge is 0.497 e. The molecule has 1 aromatic carbocycles. The zero-order chi connectivity index (χ0) is 12.7. The van der Waals surface area contributed by atoms with Crippen molar-refractivity contribution in [3.63, 3.8) is 0 Å². The molecule has 0 heterocycles. The van der Waals surface area contributed by atoms with Gasteiger partial charge in [0.1, 0.15) is 11.5 Å². The number of azide groups is 1. The number of rotatable bonds is 4. The third kappa shape index (κ3) is 3.55. The summed E-state index contributed by atoms with van der Waals surface area (Å²) in [6, 6.07) is 5.17. The van der Waals surface area contributed by atoms with Crippen molar-refractivity contribution in [2.45, 2.75) is 0 Å². The van der Waals surface area contributed by atoms with E-state index in [-0.39, 0.29) is 0 Å². The number of carbonyl (C=O) groups excluding carboxylic acids is 1. The maximum absolute atomic E-state index is 11.0. The van der Waals surface area contributed by atoms with Gasteiger partial charge in [0.15, 0.2) is 0 Å². The van der Waals surface area contributed by atoms with E-state index in [0.29, 0.717) is 17.1 Å². The molecule has 0 atom stereocenters. The number of hydrogen-bond acceptors (Lipinski definition) is 3. The minimum Gasteiger partial charge on any atom is -0.497 e. The van der Waals surface area contributed by atoms with Gasteiger partial charge >= 0.3 is 0 Å². The zero-order valence-corrected chi connectivity index (χ0v) is 9.45. The number of ether oxygens (including phenoxy) is 2. The molecule has 0 bridgehead atoms. The van der Waals surface area contributed by atoms with E-state index in [1.807, 2.05) is 0 Å². The van der Waals surface area contributed by atoms with E-state index < -0.39 is 5.91 Å². The Labute approximate surface area is 98.1 Å². The van der Waals surface area contributed by atoms with Crippen molar-refractivity contribution in [3.8, 4) is 11.5 Å². The molecular formula is C11H11N3O3. The molecule has 1 rings (SSSR count). The summed E-state index contributed by atoms with van der Waals surface area (Å²) in [5.41, 5.74) is 8.74. The van der Waals surface area contributed by atoms with Crippen LogP contribution in [0, 0.1) is 0 Å². The van der Waals surface area contributed by atoms with Gasteiger partial charge in [0.25, 0.3) is 0 Å². The number of carbonyl (C=O) groups is 1. The van der Waals surface area contributed by atoms with Gasteiger partial charge in [-0.1, -0.05) is 0 Å². The summed E-state index contributed by atoms with van der Waals surface area (Å²) in [7, 11) is 3.06. The zero-order valence-electron chi connectivity index (χ0n) is 9.45. The molecule has 0 saturated heterocycles. The average Bonchev–Trinajstić information content (AvgIpc) is 2.36. The normalized spacial score (nSPS) is 9.76. The predicted octanol–water partition coefficient (Wildman–Crippen LogP) is 2.55. The molecule has 0 saturated carbocycles. The monoisotopic (exact) mass is 233 g/mol. The maximum atomic E-state index is 11.0. The predicted molar refractivity (Wildman–Crippen MR) is 62.7 cm³/mol. The molecule has 6 nitrogen and oxygen atoms in total. The van der Waals surface area contributed by atoms with Crippen LogP contribution in [0.4, 0.5) is 0 Å². The minimum absolute atomic E-state index is 0.593. The fourth-order valence-electron chi connectivity index (χ4n) is 1.21. The number of hydrogen-bond donors (Lipinski definition) is 0.